The monoisotopic (exact) mass is 280 g/mol. The first-order valence-corrected chi connectivity index (χ1v) is 6.26. The highest BCUT2D eigenvalue weighted by Gasteiger charge is 2.34. The summed E-state index contributed by atoms with van der Waals surface area (Å²) < 4.78 is 0. The standard InChI is InChI=1S/C12H13ClN4O2/c13-9-4-2-1-3-8(9)11(16-17-14)7-5-10(12(18)19)15-6-7/h1-4,7,10-11,15H,5-6H2,(H,18,19)/t7-,10-,11?/m0/s1. The molecule has 0 radical (unpaired) electrons. The van der Waals surface area contributed by atoms with Gasteiger partial charge in [0.25, 0.3) is 0 Å². The van der Waals surface area contributed by atoms with E-state index in [1.807, 2.05) is 6.07 Å². The van der Waals surface area contributed by atoms with Crippen molar-refractivity contribution in [3.8, 4) is 0 Å². The van der Waals surface area contributed by atoms with Gasteiger partial charge in [0.1, 0.15) is 6.04 Å². The van der Waals surface area contributed by atoms with Gasteiger partial charge in [-0.15, -0.1) is 0 Å². The largest absolute Gasteiger partial charge is 0.480 e. The lowest BCUT2D eigenvalue weighted by atomic mass is 9.91. The highest BCUT2D eigenvalue weighted by Crippen LogP contribution is 2.35. The van der Waals surface area contributed by atoms with E-state index in [2.05, 4.69) is 15.3 Å². The zero-order valence-corrected chi connectivity index (χ0v) is 10.8. The molecular weight excluding hydrogens is 268 g/mol. The van der Waals surface area contributed by atoms with Crippen LogP contribution in [0.3, 0.4) is 0 Å². The van der Waals surface area contributed by atoms with Gasteiger partial charge in [-0.25, -0.2) is 0 Å². The summed E-state index contributed by atoms with van der Waals surface area (Å²) in [5.74, 6) is -0.960. The van der Waals surface area contributed by atoms with Gasteiger partial charge >= 0.3 is 5.97 Å². The molecule has 0 aromatic heterocycles. The summed E-state index contributed by atoms with van der Waals surface area (Å²) in [6.07, 6.45) is 0.421. The van der Waals surface area contributed by atoms with Crippen molar-refractivity contribution < 1.29 is 9.90 Å². The van der Waals surface area contributed by atoms with Gasteiger partial charge in [-0.1, -0.05) is 34.9 Å². The average molecular weight is 281 g/mol. The Morgan fingerprint density at radius 1 is 1.58 bits per heavy atom. The molecule has 1 fully saturated rings. The predicted molar refractivity (Wildman–Crippen MR) is 70.9 cm³/mol. The number of nitrogens with one attached hydrogen (secondary N) is 1. The lowest BCUT2D eigenvalue weighted by Gasteiger charge is -2.19. The molecule has 3 atom stereocenters. The SMILES string of the molecule is [N-]=[N+]=NC(c1ccccc1Cl)[C@@H]1CN[C@H](C(=O)O)C1. The van der Waals surface area contributed by atoms with Crippen molar-refractivity contribution in [1.29, 1.82) is 0 Å². The highest BCUT2D eigenvalue weighted by molar-refractivity contribution is 6.31. The second kappa shape index (κ2) is 5.93. The minimum absolute atomic E-state index is 0.0723. The topological polar surface area (TPSA) is 98.1 Å². The van der Waals surface area contributed by atoms with E-state index in [0.29, 0.717) is 18.0 Å². The number of halogens is 1. The lowest BCUT2D eigenvalue weighted by Crippen LogP contribution is -2.29. The van der Waals surface area contributed by atoms with Gasteiger partial charge < -0.3 is 10.4 Å². The van der Waals surface area contributed by atoms with Gasteiger partial charge in [-0.05, 0) is 36.0 Å². The Morgan fingerprint density at radius 3 is 2.89 bits per heavy atom. The van der Waals surface area contributed by atoms with E-state index in [9.17, 15) is 4.79 Å². The Hall–Kier alpha value is -1.75. The van der Waals surface area contributed by atoms with Gasteiger partial charge in [0.05, 0.1) is 6.04 Å². The van der Waals surface area contributed by atoms with E-state index in [1.165, 1.54) is 0 Å². The van der Waals surface area contributed by atoms with Gasteiger partial charge in [0, 0.05) is 9.93 Å². The van der Waals surface area contributed by atoms with E-state index >= 15 is 0 Å². The molecule has 19 heavy (non-hydrogen) atoms. The minimum Gasteiger partial charge on any atom is -0.480 e. The fourth-order valence-electron chi connectivity index (χ4n) is 2.37. The van der Waals surface area contributed by atoms with E-state index in [-0.39, 0.29) is 5.92 Å². The second-order valence-electron chi connectivity index (χ2n) is 4.47. The summed E-state index contributed by atoms with van der Waals surface area (Å²) in [5, 5.41) is 16.2. The summed E-state index contributed by atoms with van der Waals surface area (Å²) >= 11 is 6.11. The first kappa shape index (κ1) is 13.7. The Morgan fingerprint density at radius 2 is 2.32 bits per heavy atom. The van der Waals surface area contributed by atoms with Gasteiger partial charge in [0.2, 0.25) is 0 Å². The minimum atomic E-state index is -0.888. The molecule has 0 aliphatic carbocycles. The molecule has 1 aliphatic rings. The molecule has 2 rings (SSSR count). The van der Waals surface area contributed by atoms with Crippen LogP contribution in [0.4, 0.5) is 0 Å². The maximum atomic E-state index is 10.9. The van der Waals surface area contributed by atoms with E-state index in [0.717, 1.165) is 5.56 Å². The molecule has 0 saturated carbocycles. The lowest BCUT2D eigenvalue weighted by molar-refractivity contribution is -0.139. The maximum Gasteiger partial charge on any atom is 0.320 e. The summed E-state index contributed by atoms with van der Waals surface area (Å²) in [7, 11) is 0. The fourth-order valence-corrected chi connectivity index (χ4v) is 2.62. The highest BCUT2D eigenvalue weighted by atomic mass is 35.5. The van der Waals surface area contributed by atoms with Crippen LogP contribution in [0.15, 0.2) is 29.4 Å². The Kier molecular flexibility index (Phi) is 4.27. The van der Waals surface area contributed by atoms with E-state index < -0.39 is 18.1 Å². The predicted octanol–water partition coefficient (Wildman–Crippen LogP) is 2.75. The van der Waals surface area contributed by atoms with Crippen molar-refractivity contribution in [2.75, 3.05) is 6.54 Å². The first-order valence-electron chi connectivity index (χ1n) is 5.88. The zero-order valence-electron chi connectivity index (χ0n) is 10.0. The van der Waals surface area contributed by atoms with Crippen molar-refractivity contribution in [3.63, 3.8) is 0 Å². The second-order valence-corrected chi connectivity index (χ2v) is 4.87. The molecule has 100 valence electrons. The number of aliphatic carboxylic acids is 1. The van der Waals surface area contributed by atoms with Crippen molar-refractivity contribution in [1.82, 2.24) is 5.32 Å². The van der Waals surface area contributed by atoms with Crippen LogP contribution in [0.2, 0.25) is 5.02 Å². The molecule has 1 saturated heterocycles. The number of carboxylic acid groups (broad SMARTS) is 1. The van der Waals surface area contributed by atoms with Crippen molar-refractivity contribution in [3.05, 3.63) is 45.3 Å². The van der Waals surface area contributed by atoms with Crippen LogP contribution in [-0.2, 0) is 4.79 Å². The van der Waals surface area contributed by atoms with Crippen molar-refractivity contribution in [2.45, 2.75) is 18.5 Å². The third kappa shape index (κ3) is 2.98. The molecule has 6 nitrogen and oxygen atoms in total. The molecule has 1 aromatic carbocycles. The van der Waals surface area contributed by atoms with Gasteiger partial charge in [-0.3, -0.25) is 4.79 Å². The molecule has 1 aromatic rings. The normalized spacial score (nSPS) is 23.6. The first-order chi connectivity index (χ1) is 9.13. The Balaban J connectivity index is 2.25. The number of benzene rings is 1. The number of rotatable bonds is 4. The number of azide groups is 1. The van der Waals surface area contributed by atoms with Crippen LogP contribution in [0.5, 0.6) is 0 Å². The number of nitrogens with zero attached hydrogens (tertiary/aromatic N) is 3. The maximum absolute atomic E-state index is 10.9. The van der Waals surface area contributed by atoms with Gasteiger partial charge in [-0.2, -0.15) is 0 Å². The molecule has 7 heteroatoms. The van der Waals surface area contributed by atoms with Crippen molar-refractivity contribution in [2.24, 2.45) is 11.0 Å². The fraction of sp³-hybridized carbons (Fsp3) is 0.417. The van der Waals surface area contributed by atoms with E-state index in [1.54, 1.807) is 18.2 Å². The molecule has 0 bridgehead atoms. The summed E-state index contributed by atoms with van der Waals surface area (Å²) in [6.45, 7) is 0.492. The molecular formula is C12H13ClN4O2. The molecule has 0 spiro atoms. The zero-order chi connectivity index (χ0) is 13.8. The number of hydrogen-bond donors (Lipinski definition) is 2. The number of hydrogen-bond acceptors (Lipinski definition) is 3. The summed E-state index contributed by atoms with van der Waals surface area (Å²) in [4.78, 5) is 13.8. The summed E-state index contributed by atoms with van der Waals surface area (Å²) in [5.41, 5.74) is 9.44. The number of carboxylic acids is 1. The van der Waals surface area contributed by atoms with E-state index in [4.69, 9.17) is 22.2 Å². The molecule has 1 unspecified atom stereocenters. The molecule has 0 amide bonds. The van der Waals surface area contributed by atoms with Gasteiger partial charge in [0.15, 0.2) is 0 Å². The van der Waals surface area contributed by atoms with Crippen molar-refractivity contribution >= 4 is 17.6 Å². The molecule has 1 heterocycles. The van der Waals surface area contributed by atoms with Crippen LogP contribution in [0.1, 0.15) is 18.0 Å². The average Bonchev–Trinajstić information content (AvgIpc) is 2.86. The van der Waals surface area contributed by atoms with Crippen LogP contribution < -0.4 is 5.32 Å². The quantitative estimate of drug-likeness (QED) is 0.504. The molecule has 1 aliphatic heterocycles. The Labute approximate surface area is 115 Å². The third-order valence-corrected chi connectivity index (χ3v) is 3.65. The number of carbonyl (C=O) groups is 1. The third-order valence-electron chi connectivity index (χ3n) is 3.31. The van der Waals surface area contributed by atoms with Crippen LogP contribution in [0, 0.1) is 5.92 Å². The van der Waals surface area contributed by atoms with Crippen LogP contribution >= 0.6 is 11.6 Å². The van der Waals surface area contributed by atoms with Crippen LogP contribution in [0.25, 0.3) is 10.4 Å². The Bertz CT molecular complexity index is 530. The molecule has 2 N–H and O–H groups in total. The van der Waals surface area contributed by atoms with Crippen LogP contribution in [-0.4, -0.2) is 23.7 Å². The smallest absolute Gasteiger partial charge is 0.320 e. The summed E-state index contributed by atoms with van der Waals surface area (Å²) in [6, 6.07) is 6.10.